The molecule has 0 fully saturated rings. The van der Waals surface area contributed by atoms with Gasteiger partial charge in [-0.05, 0) is 41.5 Å². The van der Waals surface area contributed by atoms with Gasteiger partial charge in [0.1, 0.15) is 5.75 Å². The molecule has 2 heteroatoms. The van der Waals surface area contributed by atoms with Gasteiger partial charge in [0.2, 0.25) is 0 Å². The Morgan fingerprint density at radius 2 is 1.93 bits per heavy atom. The zero-order chi connectivity index (χ0) is 10.1. The molecule has 0 amide bonds. The lowest BCUT2D eigenvalue weighted by Crippen LogP contribution is -1.90. The molecule has 0 heterocycles. The van der Waals surface area contributed by atoms with Gasteiger partial charge in [0.05, 0.1) is 7.11 Å². The van der Waals surface area contributed by atoms with Crippen molar-refractivity contribution in [3.05, 3.63) is 35.9 Å². The van der Waals surface area contributed by atoms with E-state index in [-0.39, 0.29) is 0 Å². The highest BCUT2D eigenvalue weighted by atomic mass is 16.5. The molecule has 0 aliphatic rings. The zero-order valence-corrected chi connectivity index (χ0v) is 8.37. The molecule has 0 radical (unpaired) electrons. The summed E-state index contributed by atoms with van der Waals surface area (Å²) in [4.78, 5) is 0. The molecule has 0 aliphatic carbocycles. The number of rotatable bonds is 1. The van der Waals surface area contributed by atoms with E-state index in [2.05, 4.69) is 0 Å². The first-order valence-electron chi connectivity index (χ1n) is 4.55. The summed E-state index contributed by atoms with van der Waals surface area (Å²) >= 11 is 0. The topological polar surface area (TPSA) is 35.2 Å². The van der Waals surface area contributed by atoms with Gasteiger partial charge in [-0.1, -0.05) is 12.1 Å². The maximum atomic E-state index is 5.83. The van der Waals surface area contributed by atoms with Crippen molar-refractivity contribution < 1.29 is 4.74 Å². The van der Waals surface area contributed by atoms with Crippen LogP contribution in [0.2, 0.25) is 0 Å². The molecule has 0 saturated heterocycles. The zero-order valence-electron chi connectivity index (χ0n) is 8.37. The minimum absolute atomic E-state index is 0.836. The van der Waals surface area contributed by atoms with Crippen molar-refractivity contribution in [3.63, 3.8) is 0 Å². The maximum Gasteiger partial charge on any atom is 0.119 e. The highest BCUT2D eigenvalue weighted by molar-refractivity contribution is 5.90. The van der Waals surface area contributed by atoms with Gasteiger partial charge in [0.15, 0.2) is 0 Å². The van der Waals surface area contributed by atoms with Crippen molar-refractivity contribution in [1.82, 2.24) is 0 Å². The van der Waals surface area contributed by atoms with Crippen LogP contribution in [0.5, 0.6) is 5.75 Å². The number of anilines is 1. The minimum Gasteiger partial charge on any atom is -0.497 e. The third kappa shape index (κ3) is 1.29. The summed E-state index contributed by atoms with van der Waals surface area (Å²) in [5, 5.41) is 2.35. The highest BCUT2D eigenvalue weighted by Gasteiger charge is 2.01. The second kappa shape index (κ2) is 3.22. The molecule has 2 rings (SSSR count). The van der Waals surface area contributed by atoms with Crippen LogP contribution in [0.25, 0.3) is 10.8 Å². The van der Waals surface area contributed by atoms with E-state index in [1.807, 2.05) is 37.3 Å². The predicted octanol–water partition coefficient (Wildman–Crippen LogP) is 2.74. The second-order valence-electron chi connectivity index (χ2n) is 3.37. The smallest absolute Gasteiger partial charge is 0.119 e. The number of aryl methyl sites for hydroxylation is 1. The van der Waals surface area contributed by atoms with Gasteiger partial charge in [-0.2, -0.15) is 0 Å². The van der Waals surface area contributed by atoms with E-state index in [0.717, 1.165) is 22.4 Å². The molecule has 0 atom stereocenters. The molecular formula is C12H13NO. The van der Waals surface area contributed by atoms with Gasteiger partial charge in [-0.3, -0.25) is 0 Å². The third-order valence-corrected chi connectivity index (χ3v) is 2.54. The van der Waals surface area contributed by atoms with Crippen LogP contribution < -0.4 is 10.5 Å². The molecule has 0 bridgehead atoms. The molecule has 0 saturated carbocycles. The Balaban J connectivity index is 2.74. The van der Waals surface area contributed by atoms with Crippen LogP contribution >= 0.6 is 0 Å². The van der Waals surface area contributed by atoms with Gasteiger partial charge >= 0.3 is 0 Å². The van der Waals surface area contributed by atoms with Crippen molar-refractivity contribution in [2.75, 3.05) is 12.8 Å². The lowest BCUT2D eigenvalue weighted by Gasteiger charge is -2.07. The van der Waals surface area contributed by atoms with Crippen LogP contribution in [0, 0.1) is 6.92 Å². The van der Waals surface area contributed by atoms with E-state index in [0.29, 0.717) is 0 Å². The molecule has 2 N–H and O–H groups in total. The maximum absolute atomic E-state index is 5.83. The molecular weight excluding hydrogens is 174 g/mol. The van der Waals surface area contributed by atoms with Crippen molar-refractivity contribution in [2.24, 2.45) is 0 Å². The Kier molecular flexibility index (Phi) is 2.04. The number of fused-ring (bicyclic) bond motifs is 1. The van der Waals surface area contributed by atoms with Crippen LogP contribution in [0.15, 0.2) is 30.3 Å². The predicted molar refractivity (Wildman–Crippen MR) is 59.6 cm³/mol. The molecule has 0 unspecified atom stereocenters. The number of nitrogen functional groups attached to an aromatic ring is 1. The Morgan fingerprint density at radius 1 is 1.14 bits per heavy atom. The van der Waals surface area contributed by atoms with E-state index in [1.54, 1.807) is 7.11 Å². The van der Waals surface area contributed by atoms with E-state index >= 15 is 0 Å². The van der Waals surface area contributed by atoms with E-state index in [4.69, 9.17) is 10.5 Å². The molecule has 14 heavy (non-hydrogen) atoms. The molecule has 0 aromatic heterocycles. The largest absolute Gasteiger partial charge is 0.497 e. The van der Waals surface area contributed by atoms with Gasteiger partial charge in [0.25, 0.3) is 0 Å². The van der Waals surface area contributed by atoms with E-state index in [1.165, 1.54) is 5.39 Å². The standard InChI is InChI=1S/C12H13NO/c1-8-11-5-4-10(14-2)7-9(11)3-6-12(8)13/h3-7H,13H2,1-2H3. The number of benzene rings is 2. The van der Waals surface area contributed by atoms with E-state index in [9.17, 15) is 0 Å². The first kappa shape index (κ1) is 8.88. The lowest BCUT2D eigenvalue weighted by molar-refractivity contribution is 0.415. The fraction of sp³-hybridized carbons (Fsp3) is 0.167. The summed E-state index contributed by atoms with van der Waals surface area (Å²) in [6.07, 6.45) is 0. The number of methoxy groups -OCH3 is 1. The third-order valence-electron chi connectivity index (χ3n) is 2.54. The van der Waals surface area contributed by atoms with Crippen molar-refractivity contribution in [2.45, 2.75) is 6.92 Å². The van der Waals surface area contributed by atoms with Crippen molar-refractivity contribution >= 4 is 16.5 Å². The van der Waals surface area contributed by atoms with Crippen molar-refractivity contribution in [1.29, 1.82) is 0 Å². The first-order chi connectivity index (χ1) is 6.72. The van der Waals surface area contributed by atoms with Gasteiger partial charge < -0.3 is 10.5 Å². The minimum atomic E-state index is 0.836. The average molecular weight is 187 g/mol. The molecule has 0 spiro atoms. The monoisotopic (exact) mass is 187 g/mol. The van der Waals surface area contributed by atoms with Crippen LogP contribution in [0.1, 0.15) is 5.56 Å². The summed E-state index contributed by atoms with van der Waals surface area (Å²) in [7, 11) is 1.67. The fourth-order valence-electron chi connectivity index (χ4n) is 1.61. The summed E-state index contributed by atoms with van der Waals surface area (Å²) < 4.78 is 5.16. The Labute approximate surface area is 83.3 Å². The summed E-state index contributed by atoms with van der Waals surface area (Å²) in [6.45, 7) is 2.03. The molecule has 72 valence electrons. The number of hydrogen-bond acceptors (Lipinski definition) is 2. The summed E-state index contributed by atoms with van der Waals surface area (Å²) in [5.41, 5.74) is 7.79. The highest BCUT2D eigenvalue weighted by Crippen LogP contribution is 2.26. The quantitative estimate of drug-likeness (QED) is 0.697. The lowest BCUT2D eigenvalue weighted by atomic mass is 10.0. The Hall–Kier alpha value is -1.70. The van der Waals surface area contributed by atoms with Gasteiger partial charge in [-0.15, -0.1) is 0 Å². The number of nitrogens with two attached hydrogens (primary N) is 1. The van der Waals surface area contributed by atoms with Crippen molar-refractivity contribution in [3.8, 4) is 5.75 Å². The van der Waals surface area contributed by atoms with Gasteiger partial charge in [-0.25, -0.2) is 0 Å². The summed E-state index contributed by atoms with van der Waals surface area (Å²) in [6, 6.07) is 9.95. The number of ether oxygens (including phenoxy) is 1. The second-order valence-corrected chi connectivity index (χ2v) is 3.37. The van der Waals surface area contributed by atoms with E-state index < -0.39 is 0 Å². The molecule has 2 aromatic rings. The first-order valence-corrected chi connectivity index (χ1v) is 4.55. The Morgan fingerprint density at radius 3 is 2.64 bits per heavy atom. The molecule has 0 aliphatic heterocycles. The molecule has 2 nitrogen and oxygen atoms in total. The normalized spacial score (nSPS) is 10.4. The van der Waals surface area contributed by atoms with Crippen LogP contribution in [-0.2, 0) is 0 Å². The fourth-order valence-corrected chi connectivity index (χ4v) is 1.61. The number of hydrogen-bond donors (Lipinski definition) is 1. The SMILES string of the molecule is COc1ccc2c(C)c(N)ccc2c1. The Bertz CT molecular complexity index is 477. The molecule has 2 aromatic carbocycles. The van der Waals surface area contributed by atoms with Gasteiger partial charge in [0, 0.05) is 5.69 Å². The van der Waals surface area contributed by atoms with Crippen LogP contribution in [-0.4, -0.2) is 7.11 Å². The van der Waals surface area contributed by atoms with Crippen LogP contribution in [0.3, 0.4) is 0 Å². The summed E-state index contributed by atoms with van der Waals surface area (Å²) in [5.74, 6) is 0.877. The average Bonchev–Trinajstić information content (AvgIpc) is 2.23. The van der Waals surface area contributed by atoms with Crippen LogP contribution in [0.4, 0.5) is 5.69 Å².